The lowest BCUT2D eigenvalue weighted by Gasteiger charge is -2.18. The van der Waals surface area contributed by atoms with Crippen molar-refractivity contribution in [3.8, 4) is 11.1 Å². The number of benzene rings is 2. The molecule has 2 aromatic carbocycles. The molecule has 0 spiro atoms. The van der Waals surface area contributed by atoms with Crippen molar-refractivity contribution in [2.45, 2.75) is 19.4 Å². The normalized spacial score (nSPS) is 13.9. The third kappa shape index (κ3) is 3.02. The van der Waals surface area contributed by atoms with E-state index in [1.165, 1.54) is 0 Å². The van der Waals surface area contributed by atoms with Gasteiger partial charge in [-0.25, -0.2) is 4.39 Å². The smallest absolute Gasteiger partial charge is 0.224 e. The summed E-state index contributed by atoms with van der Waals surface area (Å²) in [6.45, 7) is 0.576. The molecule has 3 rings (SSSR count). The Morgan fingerprint density at radius 2 is 1.82 bits per heavy atom. The minimum absolute atomic E-state index is 0.0390. The van der Waals surface area contributed by atoms with Gasteiger partial charge in [-0.1, -0.05) is 24.3 Å². The summed E-state index contributed by atoms with van der Waals surface area (Å²) >= 11 is 0. The summed E-state index contributed by atoms with van der Waals surface area (Å²) < 4.78 is 14.2. The van der Waals surface area contributed by atoms with Gasteiger partial charge in [0.25, 0.3) is 0 Å². The van der Waals surface area contributed by atoms with Gasteiger partial charge in [0.1, 0.15) is 5.82 Å². The topological polar surface area (TPSA) is 32.3 Å². The monoisotopic (exact) mass is 298 g/mol. The number of hydrogen-bond donors (Lipinski definition) is 1. The second kappa shape index (κ2) is 5.89. The number of fused-ring (bicyclic) bond motifs is 1. The van der Waals surface area contributed by atoms with Crippen molar-refractivity contribution in [2.24, 2.45) is 0 Å². The van der Waals surface area contributed by atoms with Crippen LogP contribution in [0.2, 0.25) is 0 Å². The number of nitrogens with zero attached hydrogens (tertiary/aromatic N) is 1. The van der Waals surface area contributed by atoms with Crippen LogP contribution in [0.15, 0.2) is 36.4 Å². The van der Waals surface area contributed by atoms with Gasteiger partial charge in [-0.3, -0.25) is 4.79 Å². The Morgan fingerprint density at radius 3 is 2.55 bits per heavy atom. The first-order chi connectivity index (χ1) is 10.5. The zero-order chi connectivity index (χ0) is 15.7. The number of carbonyl (C=O) groups excluding carboxylic acids is 1. The van der Waals surface area contributed by atoms with E-state index < -0.39 is 0 Å². The van der Waals surface area contributed by atoms with E-state index in [1.54, 1.807) is 6.07 Å². The first kappa shape index (κ1) is 14.7. The third-order valence-electron chi connectivity index (χ3n) is 3.88. The molecule has 4 heteroatoms. The Hall–Kier alpha value is -2.20. The second-order valence-corrected chi connectivity index (χ2v) is 5.96. The number of amides is 1. The number of carbonyl (C=O) groups is 1. The molecule has 0 bridgehead atoms. The maximum Gasteiger partial charge on any atom is 0.224 e. The van der Waals surface area contributed by atoms with E-state index in [1.807, 2.05) is 49.3 Å². The summed E-state index contributed by atoms with van der Waals surface area (Å²) in [5, 5.41) is 2.88. The molecule has 0 radical (unpaired) electrons. The van der Waals surface area contributed by atoms with Crippen LogP contribution < -0.4 is 5.32 Å². The van der Waals surface area contributed by atoms with Gasteiger partial charge in [0.15, 0.2) is 0 Å². The molecule has 22 heavy (non-hydrogen) atoms. The molecule has 0 saturated heterocycles. The van der Waals surface area contributed by atoms with E-state index in [0.29, 0.717) is 18.5 Å². The minimum Gasteiger partial charge on any atom is -0.326 e. The number of anilines is 1. The lowest BCUT2D eigenvalue weighted by atomic mass is 9.97. The fraction of sp³-hybridized carbons (Fsp3) is 0.278. The molecule has 3 nitrogen and oxygen atoms in total. The highest BCUT2D eigenvalue weighted by Gasteiger charge is 2.15. The van der Waals surface area contributed by atoms with Gasteiger partial charge in [0.05, 0.1) is 0 Å². The minimum atomic E-state index is -0.201. The van der Waals surface area contributed by atoms with E-state index in [0.717, 1.165) is 28.8 Å². The van der Waals surface area contributed by atoms with Crippen LogP contribution >= 0.6 is 0 Å². The van der Waals surface area contributed by atoms with E-state index in [4.69, 9.17) is 0 Å². The number of rotatable bonds is 3. The van der Waals surface area contributed by atoms with Crippen LogP contribution in [0.25, 0.3) is 11.1 Å². The Kier molecular flexibility index (Phi) is 3.94. The largest absolute Gasteiger partial charge is 0.326 e. The van der Waals surface area contributed by atoms with E-state index in [9.17, 15) is 9.18 Å². The first-order valence-corrected chi connectivity index (χ1v) is 7.39. The maximum absolute atomic E-state index is 14.2. The molecule has 0 aliphatic carbocycles. The Labute approximate surface area is 129 Å². The van der Waals surface area contributed by atoms with Crippen LogP contribution in [0.5, 0.6) is 0 Å². The third-order valence-corrected chi connectivity index (χ3v) is 3.88. The van der Waals surface area contributed by atoms with Gasteiger partial charge in [0.2, 0.25) is 5.91 Å². The maximum atomic E-state index is 14.2. The van der Waals surface area contributed by atoms with Crippen molar-refractivity contribution >= 4 is 11.6 Å². The van der Waals surface area contributed by atoms with Crippen molar-refractivity contribution in [1.29, 1.82) is 0 Å². The van der Waals surface area contributed by atoms with Crippen LogP contribution in [-0.2, 0) is 17.8 Å². The lowest BCUT2D eigenvalue weighted by molar-refractivity contribution is -0.116. The fourth-order valence-corrected chi connectivity index (χ4v) is 2.75. The summed E-state index contributed by atoms with van der Waals surface area (Å²) in [5.74, 6) is -0.162. The Morgan fingerprint density at radius 1 is 1.09 bits per heavy atom. The Balaban J connectivity index is 1.93. The summed E-state index contributed by atoms with van der Waals surface area (Å²) in [4.78, 5) is 13.4. The molecule has 0 atom stereocenters. The van der Waals surface area contributed by atoms with Gasteiger partial charge < -0.3 is 10.2 Å². The van der Waals surface area contributed by atoms with E-state index in [2.05, 4.69) is 5.32 Å². The molecule has 0 saturated carbocycles. The summed E-state index contributed by atoms with van der Waals surface area (Å²) in [6.07, 6.45) is 1.29. The van der Waals surface area contributed by atoms with E-state index >= 15 is 0 Å². The number of hydrogen-bond acceptors (Lipinski definition) is 2. The van der Waals surface area contributed by atoms with Gasteiger partial charge in [-0.05, 0) is 49.3 Å². The standard InChI is InChI=1S/C18H19FN2O/c1-21(2)11-15-6-5-13(9-16(15)19)14-4-3-12-7-8-18(22)20-17(12)10-14/h3-6,9-10H,7-8,11H2,1-2H3,(H,20,22). The highest BCUT2D eigenvalue weighted by atomic mass is 19.1. The molecule has 1 aliphatic rings. The van der Waals surface area contributed by atoms with Crippen LogP contribution in [0, 0.1) is 5.82 Å². The quantitative estimate of drug-likeness (QED) is 0.941. The molecule has 0 unspecified atom stereocenters. The molecule has 2 aromatic rings. The molecule has 114 valence electrons. The van der Waals surface area contributed by atoms with E-state index in [-0.39, 0.29) is 11.7 Å². The molecular weight excluding hydrogens is 279 g/mol. The zero-order valence-corrected chi connectivity index (χ0v) is 12.8. The lowest BCUT2D eigenvalue weighted by Crippen LogP contribution is -2.18. The molecule has 0 fully saturated rings. The van der Waals surface area contributed by atoms with Crippen molar-refractivity contribution in [3.63, 3.8) is 0 Å². The number of nitrogens with one attached hydrogen (secondary N) is 1. The van der Waals surface area contributed by atoms with Crippen molar-refractivity contribution < 1.29 is 9.18 Å². The number of halogens is 1. The predicted octanol–water partition coefficient (Wildman–Crippen LogP) is 3.44. The van der Waals surface area contributed by atoms with Crippen molar-refractivity contribution in [2.75, 3.05) is 19.4 Å². The molecule has 1 aliphatic heterocycles. The highest BCUT2D eigenvalue weighted by molar-refractivity contribution is 5.94. The molecule has 1 N–H and O–H groups in total. The van der Waals surface area contributed by atoms with Crippen molar-refractivity contribution in [3.05, 3.63) is 53.3 Å². The second-order valence-electron chi connectivity index (χ2n) is 5.96. The SMILES string of the molecule is CN(C)Cc1ccc(-c2ccc3c(c2)NC(=O)CC3)cc1F. The highest BCUT2D eigenvalue weighted by Crippen LogP contribution is 2.30. The molecule has 1 heterocycles. The van der Waals surface area contributed by atoms with Crippen LogP contribution in [0.3, 0.4) is 0 Å². The molecule has 1 amide bonds. The van der Waals surface area contributed by atoms with Crippen LogP contribution in [0.4, 0.5) is 10.1 Å². The zero-order valence-electron chi connectivity index (χ0n) is 12.8. The summed E-state index contributed by atoms with van der Waals surface area (Å²) in [6, 6.07) is 11.2. The molecular formula is C18H19FN2O. The van der Waals surface area contributed by atoms with Crippen molar-refractivity contribution in [1.82, 2.24) is 4.90 Å². The predicted molar refractivity (Wildman–Crippen MR) is 86.2 cm³/mol. The summed E-state index contributed by atoms with van der Waals surface area (Å²) in [7, 11) is 3.83. The Bertz CT molecular complexity index is 725. The van der Waals surface area contributed by atoms with Gasteiger partial charge >= 0.3 is 0 Å². The average Bonchev–Trinajstić information content (AvgIpc) is 2.48. The van der Waals surface area contributed by atoms with Crippen LogP contribution in [-0.4, -0.2) is 24.9 Å². The first-order valence-electron chi connectivity index (χ1n) is 7.39. The van der Waals surface area contributed by atoms with Gasteiger partial charge in [-0.2, -0.15) is 0 Å². The van der Waals surface area contributed by atoms with Crippen LogP contribution in [0.1, 0.15) is 17.5 Å². The summed E-state index contributed by atoms with van der Waals surface area (Å²) in [5.41, 5.74) is 4.39. The molecule has 0 aromatic heterocycles. The van der Waals surface area contributed by atoms with Gasteiger partial charge in [-0.15, -0.1) is 0 Å². The van der Waals surface area contributed by atoms with Gasteiger partial charge in [0, 0.05) is 24.2 Å². The average molecular weight is 298 g/mol. The number of aryl methyl sites for hydroxylation is 1. The fourth-order valence-electron chi connectivity index (χ4n) is 2.75.